The van der Waals surface area contributed by atoms with Gasteiger partial charge in [0.1, 0.15) is 12.7 Å². The number of nitro benzene ring substituents is 1. The summed E-state index contributed by atoms with van der Waals surface area (Å²) in [6.07, 6.45) is -4.36. The molecule has 1 N–H and O–H groups in total. The van der Waals surface area contributed by atoms with Crippen molar-refractivity contribution in [3.8, 4) is 0 Å². The lowest BCUT2D eigenvalue weighted by Crippen LogP contribution is -2.68. The second kappa shape index (κ2) is 13.1. The van der Waals surface area contributed by atoms with Crippen molar-refractivity contribution in [3.63, 3.8) is 0 Å². The minimum absolute atomic E-state index is 0.0319. The van der Waals surface area contributed by atoms with Crippen LogP contribution in [0.5, 0.6) is 0 Å². The molecular weight excluding hydrogens is 494 g/mol. The van der Waals surface area contributed by atoms with Gasteiger partial charge < -0.3 is 28.8 Å². The molecule has 0 bridgehead atoms. The number of aliphatic hydroxyl groups is 1. The van der Waals surface area contributed by atoms with Crippen molar-refractivity contribution in [1.29, 1.82) is 0 Å². The highest BCUT2D eigenvalue weighted by Gasteiger charge is 2.59. The number of ether oxygens (including phenoxy) is 5. The molecule has 1 heterocycles. The molecule has 13 nitrogen and oxygen atoms in total. The largest absolute Gasteiger partial charge is 0.463 e. The zero-order valence-corrected chi connectivity index (χ0v) is 21.0. The van der Waals surface area contributed by atoms with E-state index in [2.05, 4.69) is 0 Å². The van der Waals surface area contributed by atoms with Gasteiger partial charge in [0.05, 0.1) is 4.92 Å². The van der Waals surface area contributed by atoms with E-state index in [4.69, 9.17) is 23.7 Å². The fraction of sp³-hybridized carbons (Fsp3) is 0.583. The first-order valence-electron chi connectivity index (χ1n) is 11.6. The van der Waals surface area contributed by atoms with E-state index in [1.807, 2.05) is 0 Å². The summed E-state index contributed by atoms with van der Waals surface area (Å²) in [7, 11) is 0. The fourth-order valence-electron chi connectivity index (χ4n) is 4.05. The van der Waals surface area contributed by atoms with E-state index in [0.717, 1.165) is 33.3 Å². The lowest BCUT2D eigenvalue weighted by Gasteiger charge is -2.48. The molecule has 37 heavy (non-hydrogen) atoms. The lowest BCUT2D eigenvalue weighted by molar-refractivity contribution is -0.384. The Bertz CT molecular complexity index is 994. The van der Waals surface area contributed by atoms with Gasteiger partial charge in [0, 0.05) is 46.2 Å². The quantitative estimate of drug-likeness (QED) is 0.146. The lowest BCUT2D eigenvalue weighted by atomic mass is 9.88. The number of rotatable bonds is 11. The summed E-state index contributed by atoms with van der Waals surface area (Å²) in [5.74, 6) is -5.23. The van der Waals surface area contributed by atoms with E-state index in [0.29, 0.717) is 19.3 Å². The second-order valence-electron chi connectivity index (χ2n) is 8.61. The number of benzene rings is 1. The van der Waals surface area contributed by atoms with Crippen molar-refractivity contribution in [2.24, 2.45) is 0 Å². The van der Waals surface area contributed by atoms with Gasteiger partial charge in [-0.2, -0.15) is 0 Å². The topological polar surface area (TPSA) is 178 Å². The van der Waals surface area contributed by atoms with E-state index in [1.54, 1.807) is 12.1 Å². The van der Waals surface area contributed by atoms with Crippen LogP contribution < -0.4 is 0 Å². The second-order valence-corrected chi connectivity index (χ2v) is 8.61. The maximum atomic E-state index is 11.9. The third-order valence-electron chi connectivity index (χ3n) is 5.53. The summed E-state index contributed by atoms with van der Waals surface area (Å²) in [4.78, 5) is 57.3. The Balaban J connectivity index is 2.27. The molecule has 0 aromatic heterocycles. The van der Waals surface area contributed by atoms with E-state index in [-0.39, 0.29) is 12.1 Å². The number of nitro groups is 1. The standard InChI is InChI=1S/C24H31NO12/c1-14(26)33-13-20-21(34-15(2)27)22(35-16(3)28)23(36-17(4)29)24(30,37-20)12-6-5-7-18-8-10-19(11-9-18)25(31)32/h8-11,20-23,30H,5-7,12-13H2,1-4H3/t20-,21-,22+,23-,24-/m1/s1. The summed E-state index contributed by atoms with van der Waals surface area (Å²) < 4.78 is 26.7. The van der Waals surface area contributed by atoms with E-state index >= 15 is 0 Å². The summed E-state index contributed by atoms with van der Waals surface area (Å²) in [5, 5.41) is 22.3. The number of esters is 4. The Labute approximate surface area is 213 Å². The van der Waals surface area contributed by atoms with Gasteiger partial charge in [-0.1, -0.05) is 12.1 Å². The molecule has 0 aliphatic carbocycles. The molecule has 1 aromatic rings. The van der Waals surface area contributed by atoms with Crippen LogP contribution in [0.25, 0.3) is 0 Å². The molecule has 2 rings (SSSR count). The zero-order chi connectivity index (χ0) is 27.8. The Morgan fingerprint density at radius 1 is 0.919 bits per heavy atom. The third-order valence-corrected chi connectivity index (χ3v) is 5.53. The Morgan fingerprint density at radius 3 is 2.00 bits per heavy atom. The van der Waals surface area contributed by atoms with Crippen LogP contribution in [0.15, 0.2) is 24.3 Å². The van der Waals surface area contributed by atoms with Crippen molar-refractivity contribution in [2.75, 3.05) is 6.61 Å². The van der Waals surface area contributed by atoms with Crippen LogP contribution in [0.3, 0.4) is 0 Å². The van der Waals surface area contributed by atoms with E-state index in [1.165, 1.54) is 12.1 Å². The molecule has 1 fully saturated rings. The van der Waals surface area contributed by atoms with E-state index in [9.17, 15) is 34.4 Å². The zero-order valence-electron chi connectivity index (χ0n) is 21.0. The molecule has 204 valence electrons. The molecule has 1 aromatic carbocycles. The first-order chi connectivity index (χ1) is 17.3. The molecule has 1 saturated heterocycles. The molecule has 0 saturated carbocycles. The smallest absolute Gasteiger partial charge is 0.303 e. The number of hydrogen-bond acceptors (Lipinski definition) is 12. The van der Waals surface area contributed by atoms with Crippen LogP contribution in [0, 0.1) is 10.1 Å². The highest BCUT2D eigenvalue weighted by atomic mass is 16.7. The average Bonchev–Trinajstić information content (AvgIpc) is 2.79. The van der Waals surface area contributed by atoms with Crippen LogP contribution in [-0.4, -0.2) is 70.7 Å². The summed E-state index contributed by atoms with van der Waals surface area (Å²) in [5.41, 5.74) is 0.801. The van der Waals surface area contributed by atoms with Crippen LogP contribution in [0.4, 0.5) is 5.69 Å². The molecule has 1 aliphatic heterocycles. The number of hydrogen-bond donors (Lipinski definition) is 1. The van der Waals surface area contributed by atoms with Crippen molar-refractivity contribution in [3.05, 3.63) is 39.9 Å². The molecule has 0 amide bonds. The monoisotopic (exact) mass is 525 g/mol. The van der Waals surface area contributed by atoms with Crippen molar-refractivity contribution >= 4 is 29.6 Å². The summed E-state index contributed by atoms with van der Waals surface area (Å²) >= 11 is 0. The average molecular weight is 526 g/mol. The number of carbonyl (C=O) groups excluding carboxylic acids is 4. The van der Waals surface area contributed by atoms with Crippen molar-refractivity contribution in [2.45, 2.75) is 83.6 Å². The van der Waals surface area contributed by atoms with Crippen molar-refractivity contribution < 1.29 is 52.9 Å². The molecule has 0 unspecified atom stereocenters. The molecule has 5 atom stereocenters. The van der Waals surface area contributed by atoms with Crippen LogP contribution in [0.1, 0.15) is 52.5 Å². The van der Waals surface area contributed by atoms with Gasteiger partial charge in [0.25, 0.3) is 5.69 Å². The SMILES string of the molecule is CC(=O)OC[C@H]1O[C@](O)(CCCCc2ccc([N+](=O)[O-])cc2)[C@H](OC(C)=O)[C@@H](OC(C)=O)[C@@H]1OC(C)=O. The number of aryl methyl sites for hydroxylation is 1. The maximum absolute atomic E-state index is 11.9. The van der Waals surface area contributed by atoms with Gasteiger partial charge in [-0.15, -0.1) is 0 Å². The first-order valence-corrected chi connectivity index (χ1v) is 11.6. The third kappa shape index (κ3) is 8.79. The van der Waals surface area contributed by atoms with Crippen LogP contribution in [-0.2, 0) is 49.3 Å². The molecule has 0 radical (unpaired) electrons. The molecule has 0 spiro atoms. The molecule has 1 aliphatic rings. The van der Waals surface area contributed by atoms with Gasteiger partial charge in [-0.25, -0.2) is 0 Å². The van der Waals surface area contributed by atoms with Crippen LogP contribution in [0.2, 0.25) is 0 Å². The normalized spacial score (nSPS) is 25.0. The number of nitrogens with zero attached hydrogens (tertiary/aromatic N) is 1. The van der Waals surface area contributed by atoms with E-state index < -0.39 is 65.6 Å². The van der Waals surface area contributed by atoms with Gasteiger partial charge >= 0.3 is 23.9 Å². The molecular formula is C24H31NO12. The maximum Gasteiger partial charge on any atom is 0.303 e. The minimum atomic E-state index is -2.19. The minimum Gasteiger partial charge on any atom is -0.463 e. The summed E-state index contributed by atoms with van der Waals surface area (Å²) in [6, 6.07) is 6.03. The molecule has 13 heteroatoms. The van der Waals surface area contributed by atoms with Crippen molar-refractivity contribution in [1.82, 2.24) is 0 Å². The number of carbonyl (C=O) groups is 4. The fourth-order valence-corrected chi connectivity index (χ4v) is 4.05. The predicted molar refractivity (Wildman–Crippen MR) is 124 cm³/mol. The van der Waals surface area contributed by atoms with Gasteiger partial charge in [-0.05, 0) is 24.8 Å². The highest BCUT2D eigenvalue weighted by molar-refractivity contribution is 5.68. The highest BCUT2D eigenvalue weighted by Crippen LogP contribution is 2.37. The van der Waals surface area contributed by atoms with Crippen LogP contribution >= 0.6 is 0 Å². The van der Waals surface area contributed by atoms with Gasteiger partial charge in [0.15, 0.2) is 18.3 Å². The number of unbranched alkanes of at least 4 members (excludes halogenated alkanes) is 1. The van der Waals surface area contributed by atoms with Gasteiger partial charge in [-0.3, -0.25) is 29.3 Å². The summed E-state index contributed by atoms with van der Waals surface area (Å²) in [6.45, 7) is 4.00. The predicted octanol–water partition coefficient (Wildman–Crippen LogP) is 1.75. The Morgan fingerprint density at radius 2 is 1.49 bits per heavy atom. The van der Waals surface area contributed by atoms with Gasteiger partial charge in [0.2, 0.25) is 5.79 Å². The Hall–Kier alpha value is -3.58. The Kier molecular flexibility index (Phi) is 10.5. The first kappa shape index (κ1) is 29.6. The number of non-ortho nitro benzene ring substituents is 1.